The van der Waals surface area contributed by atoms with Gasteiger partial charge in [0, 0.05) is 12.1 Å². The zero-order valence-corrected chi connectivity index (χ0v) is 18.6. The Hall–Kier alpha value is -3.85. The van der Waals surface area contributed by atoms with Crippen molar-refractivity contribution in [3.05, 3.63) is 64.8 Å². The second kappa shape index (κ2) is 8.59. The van der Waals surface area contributed by atoms with Crippen molar-refractivity contribution in [2.45, 2.75) is 25.8 Å². The molecule has 0 unspecified atom stereocenters. The summed E-state index contributed by atoms with van der Waals surface area (Å²) in [4.78, 5) is 22.2. The van der Waals surface area contributed by atoms with Crippen LogP contribution in [0.2, 0.25) is 0 Å². The quantitative estimate of drug-likeness (QED) is 0.484. The van der Waals surface area contributed by atoms with Crippen LogP contribution < -0.4 is 26.2 Å². The number of nitrogens with two attached hydrogens (primary N) is 1. The number of hydrogen-bond acceptors (Lipinski definition) is 7. The molecule has 0 bridgehead atoms. The first kappa shape index (κ1) is 21.0. The Balaban J connectivity index is 1.62. The number of fused-ring (bicyclic) bond motifs is 1. The van der Waals surface area contributed by atoms with Gasteiger partial charge < -0.3 is 20.5 Å². The summed E-state index contributed by atoms with van der Waals surface area (Å²) in [6.45, 7) is 3.72. The fraction of sp³-hybridized carbons (Fsp3) is 0.292. The monoisotopic (exact) mass is 446 g/mol. The lowest BCUT2D eigenvalue weighted by Crippen LogP contribution is -2.34. The number of benzene rings is 2. The number of aryl methyl sites for hydroxylation is 1. The normalized spacial score (nSPS) is 14.5. The average Bonchev–Trinajstić information content (AvgIpc) is 3.14. The number of imidazole rings is 1. The van der Waals surface area contributed by atoms with Crippen molar-refractivity contribution in [3.63, 3.8) is 0 Å². The van der Waals surface area contributed by atoms with Crippen molar-refractivity contribution < 1.29 is 9.47 Å². The number of anilines is 1. The fourth-order valence-corrected chi connectivity index (χ4v) is 4.31. The Labute approximate surface area is 190 Å². The minimum absolute atomic E-state index is 0.0443. The van der Waals surface area contributed by atoms with Gasteiger partial charge in [-0.05, 0) is 57.1 Å². The molecule has 5 rings (SSSR count). The summed E-state index contributed by atoms with van der Waals surface area (Å²) in [6.07, 6.45) is 3.09. The van der Waals surface area contributed by atoms with Crippen LogP contribution in [-0.2, 0) is 0 Å². The van der Waals surface area contributed by atoms with Crippen LogP contribution in [-0.4, -0.2) is 39.3 Å². The molecule has 0 amide bonds. The molecule has 0 atom stereocenters. The highest BCUT2D eigenvalue weighted by molar-refractivity contribution is 5.84. The van der Waals surface area contributed by atoms with Crippen LogP contribution in [0.4, 0.5) is 5.82 Å². The van der Waals surface area contributed by atoms with Crippen molar-refractivity contribution in [3.8, 4) is 22.9 Å². The number of piperidine rings is 1. The smallest absolute Gasteiger partial charge is 0.335 e. The minimum atomic E-state index is -0.196. The van der Waals surface area contributed by atoms with Gasteiger partial charge in [0.1, 0.15) is 17.6 Å². The van der Waals surface area contributed by atoms with Gasteiger partial charge in [0.05, 0.1) is 12.8 Å². The Bertz CT molecular complexity index is 1350. The Kier molecular flexibility index (Phi) is 5.47. The molecule has 2 aromatic carbocycles. The van der Waals surface area contributed by atoms with Gasteiger partial charge in [-0.15, -0.1) is 0 Å². The number of hydrogen-bond donors (Lipinski definition) is 2. The summed E-state index contributed by atoms with van der Waals surface area (Å²) in [6, 6.07) is 13.2. The number of aromatic nitrogens is 4. The second-order valence-electron chi connectivity index (χ2n) is 8.15. The lowest BCUT2D eigenvalue weighted by Gasteiger charge is -2.23. The average molecular weight is 447 g/mol. The predicted octanol–water partition coefficient (Wildman–Crippen LogP) is 3.20. The molecule has 9 nitrogen and oxygen atoms in total. The summed E-state index contributed by atoms with van der Waals surface area (Å²) in [5, 5.41) is 3.34. The molecule has 4 aromatic rings. The highest BCUT2D eigenvalue weighted by Crippen LogP contribution is 2.34. The zero-order chi connectivity index (χ0) is 22.9. The van der Waals surface area contributed by atoms with Gasteiger partial charge in [-0.2, -0.15) is 0 Å². The van der Waals surface area contributed by atoms with E-state index >= 15 is 0 Å². The zero-order valence-electron chi connectivity index (χ0n) is 18.6. The topological polar surface area (TPSA) is 109 Å². The van der Waals surface area contributed by atoms with Gasteiger partial charge in [0.15, 0.2) is 23.0 Å². The van der Waals surface area contributed by atoms with Crippen LogP contribution >= 0.6 is 0 Å². The van der Waals surface area contributed by atoms with Gasteiger partial charge in [-0.25, -0.2) is 14.8 Å². The molecule has 3 N–H and O–H groups in total. The lowest BCUT2D eigenvalue weighted by atomic mass is 10.1. The number of rotatable bonds is 5. The molecule has 2 aromatic heterocycles. The van der Waals surface area contributed by atoms with Crippen LogP contribution in [0.5, 0.6) is 17.2 Å². The molecule has 0 saturated carbocycles. The predicted molar refractivity (Wildman–Crippen MR) is 126 cm³/mol. The van der Waals surface area contributed by atoms with Crippen LogP contribution in [0.3, 0.4) is 0 Å². The standard InChI is InChI=1S/C24H26N6O3/c1-15-3-6-18(7-4-15)33-19-8-5-17(13-20(19)32-2)29-21-22(25)27-14-28-23(21)30(24(29)31)16-9-11-26-12-10-16/h3-8,13-14,16,26H,9-12H2,1-2H3,(H2,25,27,28). The number of nitrogens with zero attached hydrogens (tertiary/aromatic N) is 4. The van der Waals surface area contributed by atoms with Gasteiger partial charge >= 0.3 is 5.69 Å². The summed E-state index contributed by atoms with van der Waals surface area (Å²) >= 11 is 0. The van der Waals surface area contributed by atoms with Gasteiger partial charge in [0.25, 0.3) is 0 Å². The molecule has 3 heterocycles. The number of methoxy groups -OCH3 is 1. The van der Waals surface area contributed by atoms with E-state index in [0.29, 0.717) is 34.1 Å². The van der Waals surface area contributed by atoms with E-state index in [4.69, 9.17) is 15.2 Å². The molecule has 0 aliphatic carbocycles. The first-order valence-corrected chi connectivity index (χ1v) is 10.9. The summed E-state index contributed by atoms with van der Waals surface area (Å²) in [5.74, 6) is 2.00. The van der Waals surface area contributed by atoms with Crippen molar-refractivity contribution in [2.24, 2.45) is 0 Å². The minimum Gasteiger partial charge on any atom is -0.493 e. The van der Waals surface area contributed by atoms with E-state index in [1.54, 1.807) is 28.4 Å². The van der Waals surface area contributed by atoms with Crippen LogP contribution in [0.25, 0.3) is 16.9 Å². The van der Waals surface area contributed by atoms with E-state index in [1.807, 2.05) is 37.3 Å². The molecule has 1 aliphatic rings. The van der Waals surface area contributed by atoms with E-state index in [0.717, 1.165) is 31.5 Å². The third-order valence-corrected chi connectivity index (χ3v) is 6.01. The van der Waals surface area contributed by atoms with Crippen molar-refractivity contribution in [2.75, 3.05) is 25.9 Å². The summed E-state index contributed by atoms with van der Waals surface area (Å²) < 4.78 is 14.9. The molecule has 0 radical (unpaired) electrons. The molecule has 1 saturated heterocycles. The van der Waals surface area contributed by atoms with Gasteiger partial charge in [0.2, 0.25) is 0 Å². The van der Waals surface area contributed by atoms with Crippen molar-refractivity contribution >= 4 is 17.0 Å². The third kappa shape index (κ3) is 3.80. The molecular weight excluding hydrogens is 420 g/mol. The SMILES string of the molecule is COc1cc(-n2c(=O)n(C3CCNCC3)c3ncnc(N)c32)ccc1Oc1ccc(C)cc1. The van der Waals surface area contributed by atoms with E-state index in [1.165, 1.54) is 6.33 Å². The molecule has 0 spiro atoms. The Morgan fingerprint density at radius 2 is 1.82 bits per heavy atom. The van der Waals surface area contributed by atoms with E-state index < -0.39 is 0 Å². The first-order valence-electron chi connectivity index (χ1n) is 10.9. The van der Waals surface area contributed by atoms with Crippen molar-refractivity contribution in [1.29, 1.82) is 0 Å². The van der Waals surface area contributed by atoms with Crippen LogP contribution in [0.15, 0.2) is 53.6 Å². The fourth-order valence-electron chi connectivity index (χ4n) is 4.31. The number of ether oxygens (including phenoxy) is 2. The maximum atomic E-state index is 13.7. The molecule has 170 valence electrons. The molecular formula is C24H26N6O3. The highest BCUT2D eigenvalue weighted by Gasteiger charge is 2.26. The Morgan fingerprint density at radius 1 is 1.06 bits per heavy atom. The first-order chi connectivity index (χ1) is 16.1. The Morgan fingerprint density at radius 3 is 2.55 bits per heavy atom. The lowest BCUT2D eigenvalue weighted by molar-refractivity contribution is 0.365. The summed E-state index contributed by atoms with van der Waals surface area (Å²) in [5.41, 5.74) is 8.82. The largest absolute Gasteiger partial charge is 0.493 e. The maximum absolute atomic E-state index is 13.7. The van der Waals surface area contributed by atoms with Crippen LogP contribution in [0.1, 0.15) is 24.4 Å². The van der Waals surface area contributed by atoms with Crippen LogP contribution in [0, 0.1) is 6.92 Å². The van der Waals surface area contributed by atoms with Gasteiger partial charge in [-0.3, -0.25) is 9.13 Å². The van der Waals surface area contributed by atoms with Crippen molar-refractivity contribution in [1.82, 2.24) is 24.4 Å². The molecule has 9 heteroatoms. The third-order valence-electron chi connectivity index (χ3n) is 6.01. The van der Waals surface area contributed by atoms with Gasteiger partial charge in [-0.1, -0.05) is 17.7 Å². The van der Waals surface area contributed by atoms with E-state index in [-0.39, 0.29) is 17.5 Å². The molecule has 1 aliphatic heterocycles. The number of nitrogen functional groups attached to an aromatic ring is 1. The van der Waals surface area contributed by atoms with E-state index in [9.17, 15) is 4.79 Å². The number of nitrogens with one attached hydrogen (secondary N) is 1. The molecule has 33 heavy (non-hydrogen) atoms. The second-order valence-corrected chi connectivity index (χ2v) is 8.15. The van der Waals surface area contributed by atoms with E-state index in [2.05, 4.69) is 15.3 Å². The molecule has 1 fully saturated rings. The highest BCUT2D eigenvalue weighted by atomic mass is 16.5. The summed E-state index contributed by atoms with van der Waals surface area (Å²) in [7, 11) is 1.57. The maximum Gasteiger partial charge on any atom is 0.335 e.